The minimum Gasteiger partial charge on any atom is -0.123 e. The second-order valence-corrected chi connectivity index (χ2v) is 5.80. The molecule has 0 radical (unpaired) electrons. The largest absolute Gasteiger partial charge is 0.123 e. The molecular weight excluding hydrogens is 168 g/mol. The zero-order valence-electron chi connectivity index (χ0n) is 8.57. The van der Waals surface area contributed by atoms with Crippen LogP contribution in [0.25, 0.3) is 0 Å². The Labute approximate surface area is 81.7 Å². The molecule has 1 heteroatoms. The SMILES string of the molecule is CC(C)(C)C1CCCCC(Cl)C1. The third-order valence-electron chi connectivity index (χ3n) is 3.08. The normalized spacial score (nSPS) is 33.0. The van der Waals surface area contributed by atoms with Gasteiger partial charge >= 0.3 is 0 Å². The van der Waals surface area contributed by atoms with Crippen molar-refractivity contribution in [2.75, 3.05) is 0 Å². The lowest BCUT2D eigenvalue weighted by atomic mass is 9.76. The Bertz CT molecular complexity index is 134. The quantitative estimate of drug-likeness (QED) is 0.395. The van der Waals surface area contributed by atoms with Gasteiger partial charge < -0.3 is 0 Å². The van der Waals surface area contributed by atoms with Crippen molar-refractivity contribution in [2.24, 2.45) is 11.3 Å². The van der Waals surface area contributed by atoms with Crippen LogP contribution >= 0.6 is 11.6 Å². The molecule has 0 aliphatic heterocycles. The maximum atomic E-state index is 6.22. The maximum Gasteiger partial charge on any atom is 0.0338 e. The first-order valence-electron chi connectivity index (χ1n) is 5.14. The van der Waals surface area contributed by atoms with Crippen LogP contribution in [0.3, 0.4) is 0 Å². The molecule has 0 nitrogen and oxygen atoms in total. The molecule has 0 N–H and O–H groups in total. The minimum atomic E-state index is 0.441. The van der Waals surface area contributed by atoms with Gasteiger partial charge in [0.25, 0.3) is 0 Å². The Balaban J connectivity index is 2.52. The van der Waals surface area contributed by atoms with E-state index in [2.05, 4.69) is 20.8 Å². The third-order valence-corrected chi connectivity index (χ3v) is 3.48. The Morgan fingerprint density at radius 3 is 2.25 bits per heavy atom. The van der Waals surface area contributed by atoms with Gasteiger partial charge in [0, 0.05) is 5.38 Å². The molecule has 1 rings (SSSR count). The lowest BCUT2D eigenvalue weighted by Crippen LogP contribution is -2.22. The van der Waals surface area contributed by atoms with Gasteiger partial charge in [-0.15, -0.1) is 11.6 Å². The van der Waals surface area contributed by atoms with E-state index in [-0.39, 0.29) is 0 Å². The van der Waals surface area contributed by atoms with Crippen LogP contribution in [0.15, 0.2) is 0 Å². The van der Waals surface area contributed by atoms with Gasteiger partial charge in [-0.1, -0.05) is 33.6 Å². The predicted octanol–water partition coefficient (Wildman–Crippen LogP) is 4.22. The zero-order valence-corrected chi connectivity index (χ0v) is 9.32. The van der Waals surface area contributed by atoms with Gasteiger partial charge in [-0.2, -0.15) is 0 Å². The molecule has 0 aromatic heterocycles. The summed E-state index contributed by atoms with van der Waals surface area (Å²) in [7, 11) is 0. The molecule has 0 aromatic carbocycles. The van der Waals surface area contributed by atoms with E-state index >= 15 is 0 Å². The Morgan fingerprint density at radius 1 is 1.08 bits per heavy atom. The number of alkyl halides is 1. The van der Waals surface area contributed by atoms with Crippen molar-refractivity contribution < 1.29 is 0 Å². The average Bonchev–Trinajstić information content (AvgIpc) is 2.11. The zero-order chi connectivity index (χ0) is 9.19. The first-order chi connectivity index (χ1) is 5.50. The molecule has 0 bridgehead atoms. The molecule has 1 aliphatic rings. The number of halogens is 1. The molecule has 1 saturated carbocycles. The van der Waals surface area contributed by atoms with Crippen LogP contribution in [-0.2, 0) is 0 Å². The summed E-state index contributed by atoms with van der Waals surface area (Å²) >= 11 is 6.22. The standard InChI is InChI=1S/C11H21Cl/c1-11(2,3)9-6-4-5-7-10(12)8-9/h9-10H,4-8H2,1-3H3. The maximum absolute atomic E-state index is 6.22. The van der Waals surface area contributed by atoms with E-state index in [0.29, 0.717) is 10.8 Å². The molecule has 12 heavy (non-hydrogen) atoms. The van der Waals surface area contributed by atoms with E-state index in [1.807, 2.05) is 0 Å². The lowest BCUT2D eigenvalue weighted by Gasteiger charge is -2.30. The van der Waals surface area contributed by atoms with Crippen LogP contribution in [0.1, 0.15) is 52.9 Å². The Hall–Kier alpha value is 0.290. The molecule has 0 heterocycles. The van der Waals surface area contributed by atoms with Crippen molar-refractivity contribution in [2.45, 2.75) is 58.3 Å². The fourth-order valence-corrected chi connectivity index (χ4v) is 2.46. The highest BCUT2D eigenvalue weighted by molar-refractivity contribution is 6.20. The summed E-state index contributed by atoms with van der Waals surface area (Å²) in [5.41, 5.74) is 0.456. The van der Waals surface area contributed by atoms with Crippen LogP contribution in [0.4, 0.5) is 0 Å². The van der Waals surface area contributed by atoms with Gasteiger partial charge in [0.2, 0.25) is 0 Å². The molecular formula is C11H21Cl. The lowest BCUT2D eigenvalue weighted by molar-refractivity contribution is 0.216. The monoisotopic (exact) mass is 188 g/mol. The summed E-state index contributed by atoms with van der Waals surface area (Å²) in [6.07, 6.45) is 6.55. The fraction of sp³-hybridized carbons (Fsp3) is 1.00. The molecule has 1 aliphatic carbocycles. The molecule has 0 spiro atoms. The highest BCUT2D eigenvalue weighted by Crippen LogP contribution is 2.38. The first-order valence-corrected chi connectivity index (χ1v) is 5.58. The van der Waals surface area contributed by atoms with Crippen LogP contribution in [0, 0.1) is 11.3 Å². The van der Waals surface area contributed by atoms with Crippen LogP contribution < -0.4 is 0 Å². The van der Waals surface area contributed by atoms with E-state index in [1.54, 1.807) is 0 Å². The molecule has 0 aromatic rings. The summed E-state index contributed by atoms with van der Waals surface area (Å²) in [5, 5.41) is 0.441. The fourth-order valence-electron chi connectivity index (χ4n) is 2.09. The summed E-state index contributed by atoms with van der Waals surface area (Å²) in [6.45, 7) is 7.02. The molecule has 2 unspecified atom stereocenters. The van der Waals surface area contributed by atoms with Gasteiger partial charge in [-0.05, 0) is 30.6 Å². The van der Waals surface area contributed by atoms with Crippen LogP contribution in [0.5, 0.6) is 0 Å². The van der Waals surface area contributed by atoms with Gasteiger partial charge in [0.05, 0.1) is 0 Å². The van der Waals surface area contributed by atoms with Crippen LogP contribution in [0.2, 0.25) is 0 Å². The number of hydrogen-bond acceptors (Lipinski definition) is 0. The summed E-state index contributed by atoms with van der Waals surface area (Å²) < 4.78 is 0. The van der Waals surface area contributed by atoms with Gasteiger partial charge in [0.1, 0.15) is 0 Å². The van der Waals surface area contributed by atoms with Gasteiger partial charge in [0.15, 0.2) is 0 Å². The highest BCUT2D eigenvalue weighted by Gasteiger charge is 2.28. The summed E-state index contributed by atoms with van der Waals surface area (Å²) in [6, 6.07) is 0. The predicted molar refractivity (Wildman–Crippen MR) is 55.7 cm³/mol. The first kappa shape index (κ1) is 10.4. The second-order valence-electron chi connectivity index (χ2n) is 5.18. The van der Waals surface area contributed by atoms with E-state index < -0.39 is 0 Å². The molecule has 1 fully saturated rings. The van der Waals surface area contributed by atoms with Gasteiger partial charge in [-0.3, -0.25) is 0 Å². The van der Waals surface area contributed by atoms with E-state index in [9.17, 15) is 0 Å². The summed E-state index contributed by atoms with van der Waals surface area (Å²) in [4.78, 5) is 0. The summed E-state index contributed by atoms with van der Waals surface area (Å²) in [5.74, 6) is 0.836. The van der Waals surface area contributed by atoms with E-state index in [4.69, 9.17) is 11.6 Å². The van der Waals surface area contributed by atoms with Crippen molar-refractivity contribution in [1.29, 1.82) is 0 Å². The average molecular weight is 189 g/mol. The molecule has 0 amide bonds. The molecule has 0 saturated heterocycles. The third kappa shape index (κ3) is 2.97. The van der Waals surface area contributed by atoms with Crippen LogP contribution in [-0.4, -0.2) is 5.38 Å². The van der Waals surface area contributed by atoms with Crippen molar-refractivity contribution >= 4 is 11.6 Å². The Kier molecular flexibility index (Phi) is 3.46. The van der Waals surface area contributed by atoms with E-state index in [1.165, 1.54) is 32.1 Å². The number of hydrogen-bond donors (Lipinski definition) is 0. The van der Waals surface area contributed by atoms with Crippen molar-refractivity contribution in [3.8, 4) is 0 Å². The van der Waals surface area contributed by atoms with Gasteiger partial charge in [-0.25, -0.2) is 0 Å². The molecule has 72 valence electrons. The van der Waals surface area contributed by atoms with Crippen molar-refractivity contribution in [3.63, 3.8) is 0 Å². The van der Waals surface area contributed by atoms with Crippen molar-refractivity contribution in [3.05, 3.63) is 0 Å². The minimum absolute atomic E-state index is 0.441. The Morgan fingerprint density at radius 2 is 1.67 bits per heavy atom. The topological polar surface area (TPSA) is 0 Å². The van der Waals surface area contributed by atoms with Crippen molar-refractivity contribution in [1.82, 2.24) is 0 Å². The second kappa shape index (κ2) is 4.00. The number of rotatable bonds is 0. The highest BCUT2D eigenvalue weighted by atomic mass is 35.5. The molecule has 2 atom stereocenters. The van der Waals surface area contributed by atoms with E-state index in [0.717, 1.165) is 5.92 Å². The smallest absolute Gasteiger partial charge is 0.0338 e.